The third-order valence-corrected chi connectivity index (χ3v) is 12.7. The summed E-state index contributed by atoms with van der Waals surface area (Å²) in [4.78, 5) is 17.4. The van der Waals surface area contributed by atoms with Crippen LogP contribution in [0.15, 0.2) is 115 Å². The summed E-state index contributed by atoms with van der Waals surface area (Å²) in [6.07, 6.45) is 10.6. The second-order valence-electron chi connectivity index (χ2n) is 16.1. The van der Waals surface area contributed by atoms with Gasteiger partial charge in [-0.05, 0) is 130 Å². The fourth-order valence-electron chi connectivity index (χ4n) is 9.56. The summed E-state index contributed by atoms with van der Waals surface area (Å²) in [5.74, 6) is 0.718. The van der Waals surface area contributed by atoms with Crippen LogP contribution in [0.5, 0.6) is 0 Å². The number of likely N-dealkylation sites (tertiary alicyclic amines) is 1. The minimum Gasteiger partial charge on any atom is -0.393 e. The highest BCUT2D eigenvalue weighted by Gasteiger charge is 2.57. The Bertz CT molecular complexity index is 1820. The van der Waals surface area contributed by atoms with Gasteiger partial charge in [-0.3, -0.25) is 4.79 Å². The number of aliphatic hydroxyl groups excluding tert-OH is 1. The summed E-state index contributed by atoms with van der Waals surface area (Å²) in [6.45, 7) is 7.18. The highest BCUT2D eigenvalue weighted by Crippen LogP contribution is 2.59. The molecule has 4 aromatic carbocycles. The summed E-state index contributed by atoms with van der Waals surface area (Å²) >= 11 is 0. The van der Waals surface area contributed by atoms with Gasteiger partial charge in [0.25, 0.3) is 0 Å². The first-order chi connectivity index (χ1) is 24.7. The maximum Gasteiger partial charge on any atom is 0.193 e. The average Bonchev–Trinajstić information content (AvgIpc) is 3.40. The van der Waals surface area contributed by atoms with Crippen molar-refractivity contribution in [1.29, 1.82) is 0 Å². The highest BCUT2D eigenvalue weighted by atomic mass is 16.3. The van der Waals surface area contributed by atoms with E-state index in [9.17, 15) is 15.0 Å². The zero-order valence-electron chi connectivity index (χ0n) is 30.6. The second kappa shape index (κ2) is 15.4. The Morgan fingerprint density at radius 2 is 1.53 bits per heavy atom. The number of carbonyl (C=O) groups is 1. The first-order valence-electron chi connectivity index (χ1n) is 19.4. The molecule has 1 aliphatic heterocycles. The normalized spacial score (nSPS) is 26.3. The molecule has 2 N–H and O–H groups in total. The van der Waals surface area contributed by atoms with Gasteiger partial charge in [0.15, 0.2) is 5.78 Å². The molecule has 8 rings (SSSR count). The largest absolute Gasteiger partial charge is 0.393 e. The van der Waals surface area contributed by atoms with Crippen LogP contribution in [-0.4, -0.2) is 52.2 Å². The quantitative estimate of drug-likeness (QED) is 0.151. The maximum absolute atomic E-state index is 14.9. The molecule has 1 saturated heterocycles. The number of hydrogen-bond acceptors (Lipinski definition) is 4. The van der Waals surface area contributed by atoms with E-state index in [2.05, 4.69) is 85.5 Å². The Morgan fingerprint density at radius 1 is 0.824 bits per heavy atom. The molecule has 0 spiro atoms. The monoisotopic (exact) mass is 681 g/mol. The molecule has 0 amide bonds. The number of hydrogen-bond donors (Lipinski definition) is 2. The van der Waals surface area contributed by atoms with E-state index in [4.69, 9.17) is 0 Å². The van der Waals surface area contributed by atoms with Crippen LogP contribution in [0.1, 0.15) is 104 Å². The minimum absolute atomic E-state index is 0.0157. The Labute approximate surface area is 305 Å². The molecule has 4 aromatic rings. The standard InChI is InChI=1S/C47H55NO3/c1-34-12-11-26-46(2)44(23-27-47(46,51)33-48-28-24-36(25-29-48)30-35-13-5-3-6-14-35)41-22-20-37(31-39(49)21-19-34)32-43(41)45(50)42-18-10-9-17-40(42)38-15-7-4-8-16-38/h3-10,12-18,20,22,32,36,39,44,49,51H,11,19,21,23-31,33H2,1-2H3/t39-,44-,46-,47+/m0/s1. The van der Waals surface area contributed by atoms with Gasteiger partial charge < -0.3 is 15.1 Å². The van der Waals surface area contributed by atoms with Crippen LogP contribution in [0.3, 0.4) is 0 Å². The van der Waals surface area contributed by atoms with Crippen LogP contribution in [0.2, 0.25) is 0 Å². The van der Waals surface area contributed by atoms with Crippen molar-refractivity contribution in [2.75, 3.05) is 19.6 Å². The van der Waals surface area contributed by atoms with E-state index in [0.29, 0.717) is 36.4 Å². The SMILES string of the molecule is CC1=CCC[C@@]2(C)[C@@H](CC[C@@]2(O)CN2CCC(Cc3ccccc3)CC2)c2ccc(cc2C(=O)c2ccccc2-c2ccccc2)C[C@@H](O)CC1. The van der Waals surface area contributed by atoms with Crippen LogP contribution in [0.25, 0.3) is 11.1 Å². The van der Waals surface area contributed by atoms with Gasteiger partial charge in [0.05, 0.1) is 11.7 Å². The molecule has 0 aromatic heterocycles. The minimum atomic E-state index is -0.875. The van der Waals surface area contributed by atoms with Crippen molar-refractivity contribution in [2.24, 2.45) is 11.3 Å². The van der Waals surface area contributed by atoms with Gasteiger partial charge in [-0.25, -0.2) is 0 Å². The number of fused-ring (bicyclic) bond motifs is 8. The number of rotatable bonds is 7. The van der Waals surface area contributed by atoms with Gasteiger partial charge in [-0.15, -0.1) is 0 Å². The summed E-state index contributed by atoms with van der Waals surface area (Å²) in [5.41, 5.74) is 6.80. The van der Waals surface area contributed by atoms with E-state index in [1.807, 2.05) is 42.5 Å². The number of carbonyl (C=O) groups excluding carboxylic acids is 1. The molecule has 3 aliphatic carbocycles. The van der Waals surface area contributed by atoms with E-state index in [0.717, 1.165) is 86.7 Å². The van der Waals surface area contributed by atoms with Gasteiger partial charge in [0.1, 0.15) is 0 Å². The van der Waals surface area contributed by atoms with Crippen molar-refractivity contribution in [2.45, 2.75) is 95.7 Å². The molecule has 4 nitrogen and oxygen atoms in total. The maximum atomic E-state index is 14.9. The number of piperidine rings is 1. The Balaban J connectivity index is 1.22. The van der Waals surface area contributed by atoms with Crippen LogP contribution >= 0.6 is 0 Å². The molecule has 4 atom stereocenters. The average molecular weight is 682 g/mol. The van der Waals surface area contributed by atoms with Gasteiger partial charge >= 0.3 is 0 Å². The summed E-state index contributed by atoms with van der Waals surface area (Å²) < 4.78 is 0. The molecular weight excluding hydrogens is 627 g/mol. The van der Waals surface area contributed by atoms with E-state index in [1.165, 1.54) is 11.1 Å². The second-order valence-corrected chi connectivity index (χ2v) is 16.1. The molecule has 51 heavy (non-hydrogen) atoms. The van der Waals surface area contributed by atoms with Gasteiger partial charge in [0, 0.05) is 23.1 Å². The third-order valence-electron chi connectivity index (χ3n) is 12.7. The third kappa shape index (κ3) is 7.70. The van der Waals surface area contributed by atoms with E-state index in [-0.39, 0.29) is 11.7 Å². The molecule has 1 saturated carbocycles. The fraction of sp³-hybridized carbons (Fsp3) is 0.426. The van der Waals surface area contributed by atoms with E-state index < -0.39 is 17.1 Å². The van der Waals surface area contributed by atoms with Crippen LogP contribution in [-0.2, 0) is 12.8 Å². The Morgan fingerprint density at radius 3 is 2.29 bits per heavy atom. The molecule has 4 heteroatoms. The highest BCUT2D eigenvalue weighted by molar-refractivity contribution is 6.13. The number of ketones is 1. The number of benzene rings is 4. The molecule has 4 aliphatic rings. The Hall–Kier alpha value is -3.83. The zero-order valence-corrected chi connectivity index (χ0v) is 30.6. The van der Waals surface area contributed by atoms with E-state index in [1.54, 1.807) is 0 Å². The molecule has 2 bridgehead atoms. The zero-order chi connectivity index (χ0) is 35.4. The number of β-amino-alcohol motifs (C(OH)–C–C–N with tert-alkyl or cyclic N) is 1. The predicted molar refractivity (Wildman–Crippen MR) is 208 cm³/mol. The lowest BCUT2D eigenvalue weighted by Gasteiger charge is -2.47. The first kappa shape index (κ1) is 35.6. The van der Waals surface area contributed by atoms with Crippen molar-refractivity contribution >= 4 is 5.78 Å². The lowest BCUT2D eigenvalue weighted by atomic mass is 9.64. The number of aliphatic hydroxyl groups is 2. The molecule has 2 fully saturated rings. The van der Waals surface area contributed by atoms with Gasteiger partial charge in [-0.2, -0.15) is 0 Å². The van der Waals surface area contributed by atoms with E-state index >= 15 is 0 Å². The Kier molecular flexibility index (Phi) is 10.8. The first-order valence-corrected chi connectivity index (χ1v) is 19.4. The molecular formula is C47H55NO3. The topological polar surface area (TPSA) is 60.8 Å². The van der Waals surface area contributed by atoms with Crippen molar-refractivity contribution in [1.82, 2.24) is 4.90 Å². The van der Waals surface area contributed by atoms with Crippen LogP contribution < -0.4 is 0 Å². The smallest absolute Gasteiger partial charge is 0.193 e. The summed E-state index contributed by atoms with van der Waals surface area (Å²) in [5, 5.41) is 24.0. The molecule has 0 radical (unpaired) electrons. The number of allylic oxidation sites excluding steroid dienone is 2. The van der Waals surface area contributed by atoms with Crippen molar-refractivity contribution in [3.05, 3.63) is 143 Å². The number of nitrogens with zero attached hydrogens (tertiary/aromatic N) is 1. The fourth-order valence-corrected chi connectivity index (χ4v) is 9.56. The summed E-state index contributed by atoms with van der Waals surface area (Å²) in [7, 11) is 0. The van der Waals surface area contributed by atoms with Crippen molar-refractivity contribution in [3.8, 4) is 11.1 Å². The van der Waals surface area contributed by atoms with Crippen molar-refractivity contribution in [3.63, 3.8) is 0 Å². The predicted octanol–water partition coefficient (Wildman–Crippen LogP) is 9.58. The van der Waals surface area contributed by atoms with Crippen LogP contribution in [0.4, 0.5) is 0 Å². The lowest BCUT2D eigenvalue weighted by Crippen LogP contribution is -2.53. The molecule has 0 unspecified atom stereocenters. The molecule has 266 valence electrons. The van der Waals surface area contributed by atoms with Gasteiger partial charge in [0.2, 0.25) is 0 Å². The summed E-state index contributed by atoms with van der Waals surface area (Å²) in [6, 6.07) is 35.3. The van der Waals surface area contributed by atoms with Gasteiger partial charge in [-0.1, -0.05) is 116 Å². The van der Waals surface area contributed by atoms with Crippen LogP contribution in [0, 0.1) is 11.3 Å². The lowest BCUT2D eigenvalue weighted by molar-refractivity contribution is -0.0873. The molecule has 1 heterocycles. The van der Waals surface area contributed by atoms with Crippen molar-refractivity contribution < 1.29 is 15.0 Å².